The standard InChI is InChI=1S/C18H21N3O3/c1-11(2)21(10-12-7-8-16(22)19-12)18(24)14-9-17(23)20-15-6-4-3-5-13(14)15/h3-6,9,11-12H,7-8,10H2,1-2H3,(H,19,22)(H,20,23)/t12-/m1/s1. The average Bonchev–Trinajstić information content (AvgIpc) is 2.96. The maximum Gasteiger partial charge on any atom is 0.255 e. The number of amides is 2. The molecule has 2 heterocycles. The fraction of sp³-hybridized carbons (Fsp3) is 0.389. The Morgan fingerprint density at radius 1 is 1.29 bits per heavy atom. The molecule has 1 aromatic heterocycles. The molecule has 1 fully saturated rings. The van der Waals surface area contributed by atoms with Gasteiger partial charge >= 0.3 is 0 Å². The van der Waals surface area contributed by atoms with Crippen LogP contribution in [0.25, 0.3) is 10.9 Å². The monoisotopic (exact) mass is 327 g/mol. The highest BCUT2D eigenvalue weighted by Gasteiger charge is 2.28. The van der Waals surface area contributed by atoms with Gasteiger partial charge in [0.15, 0.2) is 0 Å². The zero-order chi connectivity index (χ0) is 17.3. The predicted octanol–water partition coefficient (Wildman–Crippen LogP) is 1.66. The SMILES string of the molecule is CC(C)N(C[C@H]1CCC(=O)N1)C(=O)c1cc(=O)[nH]c2ccccc12. The largest absolute Gasteiger partial charge is 0.352 e. The lowest BCUT2D eigenvalue weighted by Crippen LogP contribution is -2.45. The molecule has 24 heavy (non-hydrogen) atoms. The van der Waals surface area contributed by atoms with E-state index in [1.165, 1.54) is 6.07 Å². The van der Waals surface area contributed by atoms with Gasteiger partial charge in [-0.05, 0) is 26.3 Å². The lowest BCUT2D eigenvalue weighted by molar-refractivity contribution is -0.119. The number of nitrogens with zero attached hydrogens (tertiary/aromatic N) is 1. The molecule has 2 amide bonds. The number of pyridine rings is 1. The van der Waals surface area contributed by atoms with Gasteiger partial charge in [-0.15, -0.1) is 0 Å². The number of carbonyl (C=O) groups is 2. The minimum atomic E-state index is -0.296. The Balaban J connectivity index is 1.96. The first-order valence-corrected chi connectivity index (χ1v) is 8.18. The summed E-state index contributed by atoms with van der Waals surface area (Å²) in [6, 6.07) is 8.56. The number of para-hydroxylation sites is 1. The summed E-state index contributed by atoms with van der Waals surface area (Å²) in [5, 5.41) is 3.62. The van der Waals surface area contributed by atoms with Gasteiger partial charge in [0.05, 0.1) is 5.56 Å². The summed E-state index contributed by atoms with van der Waals surface area (Å²) < 4.78 is 0. The third kappa shape index (κ3) is 3.18. The Bertz CT molecular complexity index is 841. The molecule has 1 saturated heterocycles. The van der Waals surface area contributed by atoms with Crippen LogP contribution in [0.2, 0.25) is 0 Å². The molecule has 0 saturated carbocycles. The van der Waals surface area contributed by atoms with E-state index in [-0.39, 0.29) is 29.5 Å². The number of fused-ring (bicyclic) bond motifs is 1. The van der Waals surface area contributed by atoms with Crippen molar-refractivity contribution < 1.29 is 9.59 Å². The zero-order valence-electron chi connectivity index (χ0n) is 13.8. The Hall–Kier alpha value is -2.63. The van der Waals surface area contributed by atoms with Gasteiger partial charge in [0.25, 0.3) is 5.91 Å². The normalized spacial score (nSPS) is 17.3. The molecule has 0 radical (unpaired) electrons. The van der Waals surface area contributed by atoms with E-state index in [2.05, 4.69) is 10.3 Å². The second-order valence-corrected chi connectivity index (χ2v) is 6.45. The number of aromatic nitrogens is 1. The fourth-order valence-electron chi connectivity index (χ4n) is 3.12. The van der Waals surface area contributed by atoms with Crippen molar-refractivity contribution in [2.75, 3.05) is 6.54 Å². The molecule has 6 heteroatoms. The minimum absolute atomic E-state index is 0.0257. The highest BCUT2D eigenvalue weighted by Crippen LogP contribution is 2.19. The second kappa shape index (κ2) is 6.47. The zero-order valence-corrected chi connectivity index (χ0v) is 13.8. The highest BCUT2D eigenvalue weighted by molar-refractivity contribution is 6.06. The number of carbonyl (C=O) groups excluding carboxylic acids is 2. The molecule has 1 atom stereocenters. The van der Waals surface area contributed by atoms with E-state index in [1.54, 1.807) is 11.0 Å². The highest BCUT2D eigenvalue weighted by atomic mass is 16.2. The van der Waals surface area contributed by atoms with Gasteiger partial charge in [-0.3, -0.25) is 14.4 Å². The van der Waals surface area contributed by atoms with E-state index in [0.717, 1.165) is 11.8 Å². The Kier molecular flexibility index (Phi) is 4.38. The van der Waals surface area contributed by atoms with E-state index in [0.29, 0.717) is 24.0 Å². The van der Waals surface area contributed by atoms with E-state index >= 15 is 0 Å². The molecule has 0 spiro atoms. The molecular weight excluding hydrogens is 306 g/mol. The van der Waals surface area contributed by atoms with Crippen LogP contribution in [0.5, 0.6) is 0 Å². The van der Waals surface area contributed by atoms with Gasteiger partial charge in [-0.1, -0.05) is 18.2 Å². The van der Waals surface area contributed by atoms with Crippen LogP contribution < -0.4 is 10.9 Å². The van der Waals surface area contributed by atoms with Gasteiger partial charge in [0.1, 0.15) is 0 Å². The van der Waals surface area contributed by atoms with Crippen LogP contribution >= 0.6 is 0 Å². The number of benzene rings is 1. The van der Waals surface area contributed by atoms with Crippen LogP contribution in [0.15, 0.2) is 35.1 Å². The Morgan fingerprint density at radius 2 is 2.04 bits per heavy atom. The predicted molar refractivity (Wildman–Crippen MR) is 91.9 cm³/mol. The van der Waals surface area contributed by atoms with Crippen LogP contribution in [0.3, 0.4) is 0 Å². The maximum atomic E-state index is 13.1. The number of rotatable bonds is 4. The fourth-order valence-corrected chi connectivity index (χ4v) is 3.12. The Morgan fingerprint density at radius 3 is 2.71 bits per heavy atom. The second-order valence-electron chi connectivity index (χ2n) is 6.45. The maximum absolute atomic E-state index is 13.1. The molecule has 1 aliphatic heterocycles. The number of H-pyrrole nitrogens is 1. The van der Waals surface area contributed by atoms with E-state index in [4.69, 9.17) is 0 Å². The smallest absolute Gasteiger partial charge is 0.255 e. The van der Waals surface area contributed by atoms with Crippen molar-refractivity contribution in [2.45, 2.75) is 38.8 Å². The van der Waals surface area contributed by atoms with Crippen molar-refractivity contribution in [3.63, 3.8) is 0 Å². The van der Waals surface area contributed by atoms with Crippen molar-refractivity contribution in [1.82, 2.24) is 15.2 Å². The van der Waals surface area contributed by atoms with Crippen LogP contribution in [-0.2, 0) is 4.79 Å². The molecule has 1 aromatic carbocycles. The number of aromatic amines is 1. The lowest BCUT2D eigenvalue weighted by Gasteiger charge is -2.29. The lowest BCUT2D eigenvalue weighted by atomic mass is 10.1. The van der Waals surface area contributed by atoms with Crippen molar-refractivity contribution >= 4 is 22.7 Å². The molecule has 2 N–H and O–H groups in total. The van der Waals surface area contributed by atoms with E-state index in [1.807, 2.05) is 32.0 Å². The third-order valence-corrected chi connectivity index (χ3v) is 4.37. The van der Waals surface area contributed by atoms with Crippen LogP contribution in [0.1, 0.15) is 37.0 Å². The molecular formula is C18H21N3O3. The number of hydrogen-bond acceptors (Lipinski definition) is 3. The summed E-state index contributed by atoms with van der Waals surface area (Å²) >= 11 is 0. The van der Waals surface area contributed by atoms with Gasteiger partial charge in [0.2, 0.25) is 11.5 Å². The van der Waals surface area contributed by atoms with E-state index < -0.39 is 0 Å². The molecule has 1 aliphatic rings. The quantitative estimate of drug-likeness (QED) is 0.896. The summed E-state index contributed by atoms with van der Waals surface area (Å²) in [5.41, 5.74) is 0.744. The summed E-state index contributed by atoms with van der Waals surface area (Å²) in [4.78, 5) is 40.9. The summed E-state index contributed by atoms with van der Waals surface area (Å²) in [6.07, 6.45) is 1.23. The molecule has 0 aliphatic carbocycles. The van der Waals surface area contributed by atoms with E-state index in [9.17, 15) is 14.4 Å². The van der Waals surface area contributed by atoms with Gasteiger partial charge in [-0.25, -0.2) is 0 Å². The number of hydrogen-bond donors (Lipinski definition) is 2. The Labute approximate surface area is 139 Å². The third-order valence-electron chi connectivity index (χ3n) is 4.37. The average molecular weight is 327 g/mol. The first-order chi connectivity index (χ1) is 11.5. The molecule has 126 valence electrons. The van der Waals surface area contributed by atoms with Gasteiger partial charge in [0, 0.05) is 42.0 Å². The van der Waals surface area contributed by atoms with Crippen molar-refractivity contribution in [3.05, 3.63) is 46.2 Å². The van der Waals surface area contributed by atoms with Gasteiger partial charge in [-0.2, -0.15) is 0 Å². The van der Waals surface area contributed by atoms with Crippen LogP contribution in [-0.4, -0.2) is 40.3 Å². The topological polar surface area (TPSA) is 82.3 Å². The van der Waals surface area contributed by atoms with Crippen LogP contribution in [0, 0.1) is 0 Å². The van der Waals surface area contributed by atoms with Crippen molar-refractivity contribution in [1.29, 1.82) is 0 Å². The summed E-state index contributed by atoms with van der Waals surface area (Å²) in [6.45, 7) is 4.32. The molecule has 0 unspecified atom stereocenters. The van der Waals surface area contributed by atoms with Crippen LogP contribution in [0.4, 0.5) is 0 Å². The molecule has 3 rings (SSSR count). The summed E-state index contributed by atoms with van der Waals surface area (Å²) in [7, 11) is 0. The molecule has 0 bridgehead atoms. The van der Waals surface area contributed by atoms with Crippen molar-refractivity contribution in [2.24, 2.45) is 0 Å². The summed E-state index contributed by atoms with van der Waals surface area (Å²) in [5.74, 6) is -0.161. The first kappa shape index (κ1) is 16.2. The molecule has 2 aromatic rings. The van der Waals surface area contributed by atoms with Gasteiger partial charge < -0.3 is 15.2 Å². The van der Waals surface area contributed by atoms with Crippen molar-refractivity contribution in [3.8, 4) is 0 Å². The first-order valence-electron chi connectivity index (χ1n) is 8.18. The number of nitrogens with one attached hydrogen (secondary N) is 2. The molecule has 6 nitrogen and oxygen atoms in total. The minimum Gasteiger partial charge on any atom is -0.352 e.